The number of aromatic nitrogens is 2. The first kappa shape index (κ1) is 23.9. The van der Waals surface area contributed by atoms with Crippen LogP contribution in [0.4, 0.5) is 5.82 Å². The zero-order valence-corrected chi connectivity index (χ0v) is 20.4. The predicted octanol–water partition coefficient (Wildman–Crippen LogP) is 5.73. The van der Waals surface area contributed by atoms with Gasteiger partial charge in [0.2, 0.25) is 0 Å². The molecular weight excluding hydrogens is 410 g/mol. The van der Waals surface area contributed by atoms with E-state index in [0.29, 0.717) is 18.2 Å². The van der Waals surface area contributed by atoms with E-state index in [1.807, 2.05) is 6.07 Å². The second kappa shape index (κ2) is 11.7. The van der Waals surface area contributed by atoms with Crippen LogP contribution in [-0.2, 0) is 17.6 Å². The molecule has 2 aromatic rings. The predicted molar refractivity (Wildman–Crippen MR) is 133 cm³/mol. The lowest BCUT2D eigenvalue weighted by atomic mass is 9.94. The van der Waals surface area contributed by atoms with Gasteiger partial charge in [-0.1, -0.05) is 37.5 Å². The fourth-order valence-electron chi connectivity index (χ4n) is 5.01. The Bertz CT molecular complexity index is 919. The number of ether oxygens (including phenoxy) is 1. The minimum atomic E-state index is 0.0737. The normalized spacial score (nSPS) is 16.7. The van der Waals surface area contributed by atoms with Crippen LogP contribution in [0.15, 0.2) is 30.6 Å². The topological polar surface area (TPSA) is 55.3 Å². The smallest absolute Gasteiger partial charge is 0.185 e. The van der Waals surface area contributed by atoms with Crippen LogP contribution in [-0.4, -0.2) is 42.1 Å². The molecule has 0 amide bonds. The Morgan fingerprint density at radius 3 is 2.61 bits per heavy atom. The molecular formula is C28H39N3O2. The van der Waals surface area contributed by atoms with E-state index in [-0.39, 0.29) is 5.78 Å². The van der Waals surface area contributed by atoms with Gasteiger partial charge in [-0.15, -0.1) is 0 Å². The minimum Gasteiger partial charge on any atom is -0.385 e. The summed E-state index contributed by atoms with van der Waals surface area (Å²) < 4.78 is 5.14. The Labute approximate surface area is 199 Å². The number of unbranched alkanes of at least 4 members (excludes halogenated alkanes) is 1. The van der Waals surface area contributed by atoms with Crippen LogP contribution in [0.3, 0.4) is 0 Å². The van der Waals surface area contributed by atoms with Crippen molar-refractivity contribution in [2.24, 2.45) is 5.92 Å². The summed E-state index contributed by atoms with van der Waals surface area (Å²) in [5.41, 5.74) is 4.13. The first-order chi connectivity index (χ1) is 16.1. The van der Waals surface area contributed by atoms with Crippen LogP contribution in [0.25, 0.3) is 0 Å². The molecule has 0 unspecified atom stereocenters. The quantitative estimate of drug-likeness (QED) is 0.306. The van der Waals surface area contributed by atoms with Gasteiger partial charge < -0.3 is 9.64 Å². The van der Waals surface area contributed by atoms with Gasteiger partial charge in [-0.25, -0.2) is 9.97 Å². The summed E-state index contributed by atoms with van der Waals surface area (Å²) in [7, 11) is 1.75. The summed E-state index contributed by atoms with van der Waals surface area (Å²) in [4.78, 5) is 24.6. The third-order valence-corrected chi connectivity index (χ3v) is 7.22. The van der Waals surface area contributed by atoms with Gasteiger partial charge in [0.25, 0.3) is 0 Å². The molecule has 1 aromatic heterocycles. The van der Waals surface area contributed by atoms with E-state index < -0.39 is 0 Å². The maximum absolute atomic E-state index is 13.2. The lowest BCUT2D eigenvalue weighted by Crippen LogP contribution is -2.39. The van der Waals surface area contributed by atoms with Crippen molar-refractivity contribution in [3.05, 3.63) is 53.0 Å². The third-order valence-electron chi connectivity index (χ3n) is 7.22. The number of hydrogen-bond donors (Lipinski definition) is 0. The van der Waals surface area contributed by atoms with Gasteiger partial charge in [0, 0.05) is 38.8 Å². The molecule has 178 valence electrons. The number of rotatable bonds is 12. The van der Waals surface area contributed by atoms with Gasteiger partial charge in [-0.2, -0.15) is 0 Å². The van der Waals surface area contributed by atoms with Crippen LogP contribution in [0, 0.1) is 12.8 Å². The van der Waals surface area contributed by atoms with Gasteiger partial charge in [0.15, 0.2) is 5.78 Å². The molecule has 0 aliphatic heterocycles. The van der Waals surface area contributed by atoms with E-state index >= 15 is 0 Å². The number of nitrogens with zero attached hydrogens (tertiary/aromatic N) is 3. The van der Waals surface area contributed by atoms with Crippen LogP contribution in [0.1, 0.15) is 85.0 Å². The molecule has 33 heavy (non-hydrogen) atoms. The maximum Gasteiger partial charge on any atom is 0.185 e. The number of hydrogen-bond acceptors (Lipinski definition) is 5. The molecule has 0 N–H and O–H groups in total. The number of carbonyl (C=O) groups is 1. The van der Waals surface area contributed by atoms with E-state index in [2.05, 4.69) is 40.0 Å². The molecule has 2 aliphatic carbocycles. The first-order valence-corrected chi connectivity index (χ1v) is 12.8. The molecule has 2 fully saturated rings. The standard InChI is InChI=1S/C28H39N3O2/c1-21-16-22(8-6-7-15-33-2)13-14-24(21)17-27(32)26-18-28(30-20-29-26)31(19-23-11-12-23)25-9-4-3-5-10-25/h13-14,16,18,20,23,25H,3-12,15,17,19H2,1-2H3. The van der Waals surface area contributed by atoms with Crippen molar-refractivity contribution in [2.45, 2.75) is 83.6 Å². The van der Waals surface area contributed by atoms with Crippen LogP contribution in [0.2, 0.25) is 0 Å². The highest BCUT2D eigenvalue weighted by Crippen LogP contribution is 2.34. The van der Waals surface area contributed by atoms with E-state index in [4.69, 9.17) is 4.74 Å². The fraction of sp³-hybridized carbons (Fsp3) is 0.607. The Morgan fingerprint density at radius 2 is 1.88 bits per heavy atom. The second-order valence-electron chi connectivity index (χ2n) is 9.96. The van der Waals surface area contributed by atoms with Crippen molar-refractivity contribution in [1.29, 1.82) is 0 Å². The Balaban J connectivity index is 1.42. The van der Waals surface area contributed by atoms with E-state index in [9.17, 15) is 4.79 Å². The van der Waals surface area contributed by atoms with Crippen molar-refractivity contribution in [1.82, 2.24) is 9.97 Å². The lowest BCUT2D eigenvalue weighted by Gasteiger charge is -2.35. The van der Waals surface area contributed by atoms with Crippen molar-refractivity contribution in [3.63, 3.8) is 0 Å². The Morgan fingerprint density at radius 1 is 1.06 bits per heavy atom. The largest absolute Gasteiger partial charge is 0.385 e. The maximum atomic E-state index is 13.2. The zero-order chi connectivity index (χ0) is 23.0. The first-order valence-electron chi connectivity index (χ1n) is 12.8. The average Bonchev–Trinajstić information content (AvgIpc) is 3.67. The highest BCUT2D eigenvalue weighted by molar-refractivity contribution is 5.96. The summed E-state index contributed by atoms with van der Waals surface area (Å²) in [5.74, 6) is 1.80. The van der Waals surface area contributed by atoms with Gasteiger partial charge in [0.05, 0.1) is 0 Å². The molecule has 0 atom stereocenters. The van der Waals surface area contributed by atoms with Gasteiger partial charge in [-0.05, 0) is 74.5 Å². The number of aryl methyl sites for hydroxylation is 2. The fourth-order valence-corrected chi connectivity index (χ4v) is 5.01. The van der Waals surface area contributed by atoms with Crippen LogP contribution < -0.4 is 4.90 Å². The van der Waals surface area contributed by atoms with Gasteiger partial charge >= 0.3 is 0 Å². The lowest BCUT2D eigenvalue weighted by molar-refractivity contribution is 0.0988. The third kappa shape index (κ3) is 6.86. The molecule has 0 spiro atoms. The number of benzene rings is 1. The molecule has 5 nitrogen and oxygen atoms in total. The van der Waals surface area contributed by atoms with Crippen molar-refractivity contribution in [3.8, 4) is 0 Å². The van der Waals surface area contributed by atoms with E-state index in [1.165, 1.54) is 56.1 Å². The SMILES string of the molecule is COCCCCc1ccc(CC(=O)c2cc(N(CC3CC3)C3CCCCC3)ncn2)c(C)c1. The number of ketones is 1. The highest BCUT2D eigenvalue weighted by atomic mass is 16.5. The molecule has 0 saturated heterocycles. The van der Waals surface area contributed by atoms with E-state index in [1.54, 1.807) is 13.4 Å². The number of anilines is 1. The van der Waals surface area contributed by atoms with Crippen molar-refractivity contribution >= 4 is 11.6 Å². The van der Waals surface area contributed by atoms with Crippen LogP contribution >= 0.6 is 0 Å². The summed E-state index contributed by atoms with van der Waals surface area (Å²) in [6.07, 6.45) is 14.3. The Hall–Kier alpha value is -2.27. The van der Waals surface area contributed by atoms with Gasteiger partial charge in [0.1, 0.15) is 17.8 Å². The summed E-state index contributed by atoms with van der Waals surface area (Å²) >= 11 is 0. The molecule has 0 bridgehead atoms. The van der Waals surface area contributed by atoms with Crippen molar-refractivity contribution in [2.75, 3.05) is 25.2 Å². The number of methoxy groups -OCH3 is 1. The number of carbonyl (C=O) groups excluding carboxylic acids is 1. The summed E-state index contributed by atoms with van der Waals surface area (Å²) in [6.45, 7) is 3.98. The molecule has 4 rings (SSSR count). The minimum absolute atomic E-state index is 0.0737. The monoisotopic (exact) mass is 449 g/mol. The zero-order valence-electron chi connectivity index (χ0n) is 20.4. The Kier molecular flexibility index (Phi) is 8.49. The summed E-state index contributed by atoms with van der Waals surface area (Å²) in [6, 6.07) is 8.99. The average molecular weight is 450 g/mol. The molecule has 1 aromatic carbocycles. The molecule has 0 radical (unpaired) electrons. The highest BCUT2D eigenvalue weighted by Gasteiger charge is 2.30. The molecule has 1 heterocycles. The second-order valence-corrected chi connectivity index (χ2v) is 9.96. The van der Waals surface area contributed by atoms with E-state index in [0.717, 1.165) is 49.7 Å². The van der Waals surface area contributed by atoms with Crippen LogP contribution in [0.5, 0.6) is 0 Å². The molecule has 2 saturated carbocycles. The molecule has 2 aliphatic rings. The van der Waals surface area contributed by atoms with Crippen molar-refractivity contribution < 1.29 is 9.53 Å². The number of Topliss-reactive ketones (excluding diaryl/α,β-unsaturated/α-hetero) is 1. The molecule has 5 heteroatoms. The van der Waals surface area contributed by atoms with Gasteiger partial charge in [-0.3, -0.25) is 4.79 Å². The summed E-state index contributed by atoms with van der Waals surface area (Å²) in [5, 5.41) is 0.